The summed E-state index contributed by atoms with van der Waals surface area (Å²) in [6.45, 7) is 4.75. The van der Waals surface area contributed by atoms with Gasteiger partial charge in [0.15, 0.2) is 0 Å². The second kappa shape index (κ2) is 11.2. The SMILES string of the molecule is CC(=O)Oc1ccc2c(c1)c1cc3c(C(=O)NCCN(C)C)nccc3c(C)c1n2C.c1ccccc1. The maximum absolute atomic E-state index is 12.9. The van der Waals surface area contributed by atoms with Crippen LogP contribution in [0.15, 0.2) is 72.9 Å². The van der Waals surface area contributed by atoms with E-state index >= 15 is 0 Å². The largest absolute Gasteiger partial charge is 0.427 e. The molecule has 7 nitrogen and oxygen atoms in total. The highest BCUT2D eigenvalue weighted by molar-refractivity contribution is 6.17. The van der Waals surface area contributed by atoms with Crippen molar-refractivity contribution >= 4 is 44.5 Å². The van der Waals surface area contributed by atoms with Crippen LogP contribution in [0, 0.1) is 6.92 Å². The Morgan fingerprint density at radius 1 is 0.946 bits per heavy atom. The molecule has 1 N–H and O–H groups in total. The highest BCUT2D eigenvalue weighted by Crippen LogP contribution is 2.37. The Balaban J connectivity index is 0.000000469. The average molecular weight is 497 g/mol. The highest BCUT2D eigenvalue weighted by atomic mass is 16.5. The van der Waals surface area contributed by atoms with Gasteiger partial charge in [-0.3, -0.25) is 14.6 Å². The molecule has 5 aromatic rings. The first kappa shape index (κ1) is 25.9. The fourth-order valence-electron chi connectivity index (χ4n) is 4.54. The number of amides is 1. The Morgan fingerprint density at radius 3 is 2.24 bits per heavy atom. The van der Waals surface area contributed by atoms with Crippen molar-refractivity contribution < 1.29 is 14.3 Å². The number of aryl methyl sites for hydroxylation is 2. The summed E-state index contributed by atoms with van der Waals surface area (Å²) >= 11 is 0. The molecule has 2 aromatic heterocycles. The van der Waals surface area contributed by atoms with Gasteiger partial charge in [-0.1, -0.05) is 36.4 Å². The second-order valence-corrected chi connectivity index (χ2v) is 9.20. The monoisotopic (exact) mass is 496 g/mol. The van der Waals surface area contributed by atoms with E-state index in [4.69, 9.17) is 4.74 Å². The Bertz CT molecular complexity index is 1550. The van der Waals surface area contributed by atoms with Gasteiger partial charge in [0.1, 0.15) is 11.4 Å². The molecule has 1 amide bonds. The van der Waals surface area contributed by atoms with E-state index in [9.17, 15) is 9.59 Å². The average Bonchev–Trinajstić information content (AvgIpc) is 3.16. The number of ether oxygens (including phenoxy) is 1. The van der Waals surface area contributed by atoms with Crippen LogP contribution in [0.5, 0.6) is 5.75 Å². The number of fused-ring (bicyclic) bond motifs is 4. The lowest BCUT2D eigenvalue weighted by Crippen LogP contribution is -2.31. The van der Waals surface area contributed by atoms with E-state index in [1.807, 2.05) is 86.7 Å². The van der Waals surface area contributed by atoms with Crippen molar-refractivity contribution in [1.82, 2.24) is 19.8 Å². The highest BCUT2D eigenvalue weighted by Gasteiger charge is 2.18. The van der Waals surface area contributed by atoms with Crippen molar-refractivity contribution in [2.45, 2.75) is 13.8 Å². The number of esters is 1. The van der Waals surface area contributed by atoms with E-state index in [1.165, 1.54) is 6.92 Å². The van der Waals surface area contributed by atoms with Crippen LogP contribution < -0.4 is 10.1 Å². The number of carbonyl (C=O) groups is 2. The molecular formula is C30H32N4O3. The van der Waals surface area contributed by atoms with Gasteiger partial charge in [-0.05, 0) is 62.3 Å². The summed E-state index contributed by atoms with van der Waals surface area (Å²) in [6, 6.07) is 21.6. The molecule has 0 bridgehead atoms. The minimum absolute atomic E-state index is 0.188. The lowest BCUT2D eigenvalue weighted by atomic mass is 10.00. The van der Waals surface area contributed by atoms with Gasteiger partial charge in [0, 0.05) is 54.9 Å². The maximum Gasteiger partial charge on any atom is 0.308 e. The predicted octanol–water partition coefficient (Wildman–Crippen LogP) is 5.09. The minimum Gasteiger partial charge on any atom is -0.427 e. The third-order valence-electron chi connectivity index (χ3n) is 6.24. The van der Waals surface area contributed by atoms with Crippen molar-refractivity contribution in [2.24, 2.45) is 7.05 Å². The molecule has 0 radical (unpaired) electrons. The van der Waals surface area contributed by atoms with Crippen LogP contribution in [0.1, 0.15) is 23.0 Å². The molecule has 0 aliphatic carbocycles. The zero-order valence-electron chi connectivity index (χ0n) is 21.9. The zero-order valence-corrected chi connectivity index (χ0v) is 21.9. The Kier molecular flexibility index (Phi) is 7.84. The molecule has 0 saturated heterocycles. The van der Waals surface area contributed by atoms with Crippen molar-refractivity contribution in [3.05, 3.63) is 84.2 Å². The van der Waals surface area contributed by atoms with E-state index in [2.05, 4.69) is 21.8 Å². The third kappa shape index (κ3) is 5.62. The van der Waals surface area contributed by atoms with Crippen LogP contribution in [0.4, 0.5) is 0 Å². The van der Waals surface area contributed by atoms with E-state index in [1.54, 1.807) is 12.3 Å². The van der Waals surface area contributed by atoms with Gasteiger partial charge in [0.25, 0.3) is 5.91 Å². The predicted molar refractivity (Wildman–Crippen MR) is 149 cm³/mol. The summed E-state index contributed by atoms with van der Waals surface area (Å²) in [5.41, 5.74) is 3.58. The number of carbonyl (C=O) groups excluding carboxylic acids is 2. The normalized spacial score (nSPS) is 11.0. The quantitative estimate of drug-likeness (QED) is 0.271. The number of hydrogen-bond acceptors (Lipinski definition) is 5. The number of likely N-dealkylation sites (N-methyl/N-ethyl adjacent to an activating group) is 1. The molecule has 0 unspecified atom stereocenters. The van der Waals surface area contributed by atoms with Gasteiger partial charge in [-0.25, -0.2) is 0 Å². The van der Waals surface area contributed by atoms with Crippen LogP contribution in [0.2, 0.25) is 0 Å². The standard InChI is InChI=1S/C24H26N4O3.C6H6/c1-14-17-8-9-25-22(24(30)26-10-11-27(3)4)19(17)13-20-18-12-16(31-15(2)29)6-7-21(18)28(5)23(14)20;1-2-4-6-5-3-1/h6-9,12-13H,10-11H2,1-5H3,(H,26,30);1-6H. The minimum atomic E-state index is -0.359. The van der Waals surface area contributed by atoms with Gasteiger partial charge in [-0.15, -0.1) is 0 Å². The number of nitrogens with one attached hydrogen (secondary N) is 1. The van der Waals surface area contributed by atoms with Crippen LogP contribution >= 0.6 is 0 Å². The van der Waals surface area contributed by atoms with Crippen molar-refractivity contribution in [2.75, 3.05) is 27.2 Å². The molecule has 0 aliphatic heterocycles. The molecule has 5 rings (SSSR count). The maximum atomic E-state index is 12.9. The summed E-state index contributed by atoms with van der Waals surface area (Å²) in [4.78, 5) is 30.7. The van der Waals surface area contributed by atoms with Gasteiger partial charge in [0.05, 0.1) is 5.52 Å². The van der Waals surface area contributed by atoms with Crippen molar-refractivity contribution in [3.8, 4) is 5.75 Å². The summed E-state index contributed by atoms with van der Waals surface area (Å²) in [5, 5.41) is 6.71. The first-order valence-corrected chi connectivity index (χ1v) is 12.2. The fraction of sp³-hybridized carbons (Fsp3) is 0.233. The number of rotatable bonds is 5. The first-order chi connectivity index (χ1) is 17.8. The lowest BCUT2D eigenvalue weighted by Gasteiger charge is -2.12. The Morgan fingerprint density at radius 2 is 1.62 bits per heavy atom. The molecular weight excluding hydrogens is 464 g/mol. The molecule has 2 heterocycles. The number of hydrogen-bond donors (Lipinski definition) is 1. The summed E-state index contributed by atoms with van der Waals surface area (Å²) in [5.74, 6) is -0.0489. The van der Waals surface area contributed by atoms with E-state index in [0.717, 1.165) is 44.7 Å². The molecule has 190 valence electrons. The fourth-order valence-corrected chi connectivity index (χ4v) is 4.54. The molecule has 37 heavy (non-hydrogen) atoms. The topological polar surface area (TPSA) is 76.5 Å². The number of nitrogens with zero attached hydrogens (tertiary/aromatic N) is 3. The van der Waals surface area contributed by atoms with E-state index in [0.29, 0.717) is 18.0 Å². The molecule has 0 spiro atoms. The van der Waals surface area contributed by atoms with Crippen molar-refractivity contribution in [1.29, 1.82) is 0 Å². The number of aromatic nitrogens is 2. The van der Waals surface area contributed by atoms with Crippen molar-refractivity contribution in [3.63, 3.8) is 0 Å². The smallest absolute Gasteiger partial charge is 0.308 e. The molecule has 0 fully saturated rings. The van der Waals surface area contributed by atoms with Crippen LogP contribution in [-0.4, -0.2) is 53.5 Å². The third-order valence-corrected chi connectivity index (χ3v) is 6.24. The summed E-state index contributed by atoms with van der Waals surface area (Å²) in [7, 11) is 5.95. The summed E-state index contributed by atoms with van der Waals surface area (Å²) in [6.07, 6.45) is 1.68. The lowest BCUT2D eigenvalue weighted by molar-refractivity contribution is -0.131. The van der Waals surface area contributed by atoms with Crippen LogP contribution in [0.25, 0.3) is 32.6 Å². The Hall–Kier alpha value is -4.23. The molecule has 0 atom stereocenters. The molecule has 7 heteroatoms. The van der Waals surface area contributed by atoms with Gasteiger partial charge in [0.2, 0.25) is 0 Å². The summed E-state index contributed by atoms with van der Waals surface area (Å²) < 4.78 is 7.43. The van der Waals surface area contributed by atoms with Crippen LogP contribution in [0.3, 0.4) is 0 Å². The molecule has 3 aromatic carbocycles. The van der Waals surface area contributed by atoms with E-state index in [-0.39, 0.29) is 11.9 Å². The van der Waals surface area contributed by atoms with Gasteiger partial charge in [-0.2, -0.15) is 0 Å². The molecule has 0 saturated carbocycles. The number of benzene rings is 3. The van der Waals surface area contributed by atoms with Gasteiger partial charge < -0.3 is 19.5 Å². The molecule has 0 aliphatic rings. The van der Waals surface area contributed by atoms with Crippen LogP contribution in [-0.2, 0) is 11.8 Å². The number of pyridine rings is 1. The first-order valence-electron chi connectivity index (χ1n) is 12.2. The Labute approximate surface area is 216 Å². The second-order valence-electron chi connectivity index (χ2n) is 9.20. The van der Waals surface area contributed by atoms with Gasteiger partial charge >= 0.3 is 5.97 Å². The van der Waals surface area contributed by atoms with E-state index < -0.39 is 0 Å². The zero-order chi connectivity index (χ0) is 26.5.